The van der Waals surface area contributed by atoms with Gasteiger partial charge in [0.05, 0.1) is 35.0 Å². The van der Waals surface area contributed by atoms with E-state index in [4.69, 9.17) is 21.1 Å². The number of thiophene rings is 1. The van der Waals surface area contributed by atoms with Gasteiger partial charge in [-0.3, -0.25) is 14.5 Å². The number of thiazole rings is 1. The Bertz CT molecular complexity index is 1510. The fourth-order valence-corrected chi connectivity index (χ4v) is 6.10. The number of hydrogen-bond donors (Lipinski definition) is 1. The SMILES string of the molecule is COc1cc2sc(N3C(=O)C(=O)/C(=C(/O)c4ccc(Cl)c(OC)c4)C3c3cccs3)nc2cc1C. The first-order chi connectivity index (χ1) is 16.8. The summed E-state index contributed by atoms with van der Waals surface area (Å²) in [5, 5.41) is 13.8. The number of benzene rings is 2. The summed E-state index contributed by atoms with van der Waals surface area (Å²) in [4.78, 5) is 33.4. The molecule has 1 fully saturated rings. The first-order valence-corrected chi connectivity index (χ1v) is 12.5. The number of anilines is 1. The molecule has 1 amide bonds. The van der Waals surface area contributed by atoms with E-state index in [1.54, 1.807) is 19.2 Å². The molecule has 35 heavy (non-hydrogen) atoms. The number of carbonyl (C=O) groups is 2. The number of nitrogens with zero attached hydrogens (tertiary/aromatic N) is 2. The topological polar surface area (TPSA) is 89.0 Å². The number of amides is 1. The van der Waals surface area contributed by atoms with Gasteiger partial charge in [-0.1, -0.05) is 29.0 Å². The summed E-state index contributed by atoms with van der Waals surface area (Å²) >= 11 is 8.80. The summed E-state index contributed by atoms with van der Waals surface area (Å²) in [5.74, 6) is -0.802. The Morgan fingerprint density at radius 2 is 1.89 bits per heavy atom. The number of aromatic nitrogens is 1. The van der Waals surface area contributed by atoms with Crippen LogP contribution in [0, 0.1) is 6.92 Å². The fourth-order valence-electron chi connectivity index (χ4n) is 4.08. The lowest BCUT2D eigenvalue weighted by Crippen LogP contribution is -2.28. The van der Waals surface area contributed by atoms with Crippen molar-refractivity contribution in [1.29, 1.82) is 0 Å². The fraction of sp³-hybridized carbons (Fsp3) is 0.160. The minimum absolute atomic E-state index is 0.0187. The van der Waals surface area contributed by atoms with E-state index in [2.05, 4.69) is 4.98 Å². The summed E-state index contributed by atoms with van der Waals surface area (Å²) in [6.07, 6.45) is 0. The van der Waals surface area contributed by atoms with Crippen LogP contribution >= 0.6 is 34.3 Å². The van der Waals surface area contributed by atoms with Crippen molar-refractivity contribution in [2.75, 3.05) is 19.1 Å². The van der Waals surface area contributed by atoms with Crippen LogP contribution in [0.3, 0.4) is 0 Å². The molecule has 1 N–H and O–H groups in total. The average Bonchev–Trinajstić information content (AvgIpc) is 3.57. The molecule has 3 heterocycles. The highest BCUT2D eigenvalue weighted by Gasteiger charge is 2.48. The van der Waals surface area contributed by atoms with E-state index < -0.39 is 17.7 Å². The number of rotatable bonds is 5. The molecule has 1 aliphatic rings. The molecule has 1 unspecified atom stereocenters. The normalized spacial score (nSPS) is 17.4. The second-order valence-electron chi connectivity index (χ2n) is 7.82. The zero-order valence-corrected chi connectivity index (χ0v) is 21.3. The number of aliphatic hydroxyl groups excluding tert-OH is 1. The minimum atomic E-state index is -0.833. The first-order valence-electron chi connectivity index (χ1n) is 10.5. The predicted molar refractivity (Wildman–Crippen MR) is 138 cm³/mol. The third-order valence-corrected chi connectivity index (χ3v) is 8.04. The highest BCUT2D eigenvalue weighted by molar-refractivity contribution is 7.22. The Morgan fingerprint density at radius 3 is 2.57 bits per heavy atom. The first kappa shape index (κ1) is 23.3. The van der Waals surface area contributed by atoms with Crippen molar-refractivity contribution in [1.82, 2.24) is 4.98 Å². The van der Waals surface area contributed by atoms with E-state index in [9.17, 15) is 14.7 Å². The van der Waals surface area contributed by atoms with Crippen LogP contribution in [-0.4, -0.2) is 36.0 Å². The molecular weight excluding hydrogens is 508 g/mol. The summed E-state index contributed by atoms with van der Waals surface area (Å²) in [5.41, 5.74) is 1.90. The van der Waals surface area contributed by atoms with Crippen molar-refractivity contribution in [2.24, 2.45) is 0 Å². The van der Waals surface area contributed by atoms with Gasteiger partial charge >= 0.3 is 5.91 Å². The van der Waals surface area contributed by atoms with Gasteiger partial charge in [-0.05, 0) is 54.3 Å². The van der Waals surface area contributed by atoms with Crippen molar-refractivity contribution in [2.45, 2.75) is 13.0 Å². The number of hydrogen-bond acceptors (Lipinski definition) is 8. The quantitative estimate of drug-likeness (QED) is 0.196. The molecule has 0 spiro atoms. The lowest BCUT2D eigenvalue weighted by Gasteiger charge is -2.21. The Balaban J connectivity index is 1.70. The maximum absolute atomic E-state index is 13.3. The maximum Gasteiger partial charge on any atom is 0.301 e. The summed E-state index contributed by atoms with van der Waals surface area (Å²) in [6, 6.07) is 11.2. The third kappa shape index (κ3) is 3.85. The molecule has 1 atom stereocenters. The van der Waals surface area contributed by atoms with Crippen LogP contribution in [0.5, 0.6) is 11.5 Å². The summed E-state index contributed by atoms with van der Waals surface area (Å²) in [6.45, 7) is 1.91. The third-order valence-electron chi connectivity index (χ3n) is 5.78. The van der Waals surface area contributed by atoms with E-state index >= 15 is 0 Å². The molecule has 0 saturated carbocycles. The summed E-state index contributed by atoms with van der Waals surface area (Å²) in [7, 11) is 3.05. The number of fused-ring (bicyclic) bond motifs is 1. The van der Waals surface area contributed by atoms with Gasteiger partial charge in [0.25, 0.3) is 5.78 Å². The van der Waals surface area contributed by atoms with E-state index in [-0.39, 0.29) is 11.3 Å². The van der Waals surface area contributed by atoms with Gasteiger partial charge in [0.2, 0.25) is 0 Å². The van der Waals surface area contributed by atoms with E-state index in [1.165, 1.54) is 40.7 Å². The molecule has 1 aliphatic heterocycles. The number of methoxy groups -OCH3 is 2. The van der Waals surface area contributed by atoms with Crippen LogP contribution < -0.4 is 14.4 Å². The van der Waals surface area contributed by atoms with Gasteiger partial charge in [-0.15, -0.1) is 11.3 Å². The van der Waals surface area contributed by atoms with Gasteiger partial charge in [0.1, 0.15) is 23.3 Å². The van der Waals surface area contributed by atoms with E-state index in [0.29, 0.717) is 32.7 Å². The van der Waals surface area contributed by atoms with Crippen molar-refractivity contribution in [3.05, 3.63) is 74.4 Å². The number of carbonyl (C=O) groups excluding carboxylic acids is 2. The number of aliphatic hydroxyl groups is 1. The highest BCUT2D eigenvalue weighted by Crippen LogP contribution is 2.46. The number of ketones is 1. The Labute approximate surface area is 213 Å². The van der Waals surface area contributed by atoms with Crippen LogP contribution in [0.2, 0.25) is 5.02 Å². The van der Waals surface area contributed by atoms with Crippen molar-refractivity contribution in [3.63, 3.8) is 0 Å². The van der Waals surface area contributed by atoms with Gasteiger partial charge in [0, 0.05) is 10.4 Å². The van der Waals surface area contributed by atoms with Gasteiger partial charge in [-0.2, -0.15) is 0 Å². The van der Waals surface area contributed by atoms with E-state index in [1.807, 2.05) is 36.6 Å². The molecule has 1 saturated heterocycles. The molecule has 7 nitrogen and oxygen atoms in total. The molecular formula is C25H19ClN2O5S2. The second-order valence-corrected chi connectivity index (χ2v) is 10.2. The number of halogens is 1. The van der Waals surface area contributed by atoms with Crippen molar-refractivity contribution in [3.8, 4) is 11.5 Å². The molecule has 2 aromatic heterocycles. The Morgan fingerprint density at radius 1 is 1.11 bits per heavy atom. The largest absolute Gasteiger partial charge is 0.507 e. The second kappa shape index (κ2) is 8.99. The van der Waals surface area contributed by atoms with E-state index in [0.717, 1.165) is 15.1 Å². The minimum Gasteiger partial charge on any atom is -0.507 e. The number of aryl methyl sites for hydroxylation is 1. The molecule has 0 radical (unpaired) electrons. The molecule has 5 rings (SSSR count). The zero-order chi connectivity index (χ0) is 24.9. The number of ether oxygens (including phenoxy) is 2. The average molecular weight is 527 g/mol. The Hall–Kier alpha value is -3.40. The molecule has 0 aliphatic carbocycles. The van der Waals surface area contributed by atoms with Gasteiger partial charge < -0.3 is 14.6 Å². The van der Waals surface area contributed by atoms with Gasteiger partial charge in [0.15, 0.2) is 5.13 Å². The van der Waals surface area contributed by atoms with Gasteiger partial charge in [-0.25, -0.2) is 4.98 Å². The monoisotopic (exact) mass is 526 g/mol. The summed E-state index contributed by atoms with van der Waals surface area (Å²) < 4.78 is 11.5. The molecule has 4 aromatic rings. The lowest BCUT2D eigenvalue weighted by molar-refractivity contribution is -0.132. The predicted octanol–water partition coefficient (Wildman–Crippen LogP) is 5.96. The van der Waals surface area contributed by atoms with Crippen LogP contribution in [0.25, 0.3) is 16.0 Å². The van der Waals surface area contributed by atoms with Crippen LogP contribution in [0.1, 0.15) is 22.0 Å². The van der Waals surface area contributed by atoms with Crippen LogP contribution in [0.15, 0.2) is 53.4 Å². The van der Waals surface area contributed by atoms with Crippen LogP contribution in [-0.2, 0) is 9.59 Å². The molecule has 178 valence electrons. The highest BCUT2D eigenvalue weighted by atomic mass is 35.5. The molecule has 0 bridgehead atoms. The number of Topliss-reactive ketones (excluding diaryl/α,β-unsaturated/α-hetero) is 1. The molecule has 10 heteroatoms. The standard InChI is InChI=1S/C25H19ClN2O5S2/c1-12-9-15-19(11-16(12)32-2)35-25(27-15)28-21(18-5-4-8-34-18)20(23(30)24(28)31)22(29)13-6-7-14(26)17(10-13)33-3/h4-11,21,29H,1-3H3/b22-20+. The van der Waals surface area contributed by atoms with Crippen molar-refractivity contribution < 1.29 is 24.2 Å². The van der Waals surface area contributed by atoms with Crippen LogP contribution in [0.4, 0.5) is 5.13 Å². The lowest BCUT2D eigenvalue weighted by atomic mass is 10.00. The Kier molecular flexibility index (Phi) is 6.00. The maximum atomic E-state index is 13.3. The zero-order valence-electron chi connectivity index (χ0n) is 18.9. The smallest absolute Gasteiger partial charge is 0.301 e. The molecule has 2 aromatic carbocycles. The van der Waals surface area contributed by atoms with Crippen molar-refractivity contribution >= 4 is 67.1 Å².